The smallest absolute Gasteiger partial charge is 0.150 e. The molecule has 1 aromatic heterocycles. The molecular formula is C11H10BrNO2. The zero-order valence-electron chi connectivity index (χ0n) is 8.20. The first-order chi connectivity index (χ1) is 7.26. The molecule has 0 aliphatic rings. The fourth-order valence-corrected chi connectivity index (χ4v) is 1.89. The van der Waals surface area contributed by atoms with Crippen LogP contribution in [0.5, 0.6) is 5.75 Å². The number of rotatable bonds is 2. The van der Waals surface area contributed by atoms with Crippen molar-refractivity contribution >= 4 is 26.8 Å². The number of methoxy groups -OCH3 is 1. The summed E-state index contributed by atoms with van der Waals surface area (Å²) in [4.78, 5) is 4.28. The Labute approximate surface area is 95.8 Å². The number of halogens is 1. The topological polar surface area (TPSA) is 42.4 Å². The fraction of sp³-hybridized carbons (Fsp3) is 0.182. The van der Waals surface area contributed by atoms with Crippen LogP contribution in [0.25, 0.3) is 10.9 Å². The number of aromatic nitrogens is 1. The predicted molar refractivity (Wildman–Crippen MR) is 61.9 cm³/mol. The second-order valence-corrected chi connectivity index (χ2v) is 4.06. The van der Waals surface area contributed by atoms with Gasteiger partial charge in [0.2, 0.25) is 0 Å². The molecule has 0 aliphatic carbocycles. The highest BCUT2D eigenvalue weighted by molar-refractivity contribution is 9.10. The Morgan fingerprint density at radius 1 is 1.47 bits per heavy atom. The van der Waals surface area contributed by atoms with Crippen molar-refractivity contribution in [2.45, 2.75) is 6.61 Å². The first kappa shape index (κ1) is 10.4. The molecule has 1 aromatic carbocycles. The first-order valence-corrected chi connectivity index (χ1v) is 5.27. The van der Waals surface area contributed by atoms with Gasteiger partial charge in [0, 0.05) is 21.6 Å². The maximum absolute atomic E-state index is 9.15. The number of aliphatic hydroxyl groups is 1. The number of hydrogen-bond acceptors (Lipinski definition) is 3. The van der Waals surface area contributed by atoms with E-state index < -0.39 is 0 Å². The average molecular weight is 268 g/mol. The predicted octanol–water partition coefficient (Wildman–Crippen LogP) is 2.50. The van der Waals surface area contributed by atoms with E-state index in [1.165, 1.54) is 0 Å². The number of fused-ring (bicyclic) bond motifs is 1. The van der Waals surface area contributed by atoms with Gasteiger partial charge in [-0.3, -0.25) is 4.98 Å². The maximum atomic E-state index is 9.15. The molecule has 0 aliphatic heterocycles. The van der Waals surface area contributed by atoms with Gasteiger partial charge in [-0.1, -0.05) is 12.1 Å². The van der Waals surface area contributed by atoms with E-state index in [9.17, 15) is 0 Å². The summed E-state index contributed by atoms with van der Waals surface area (Å²) < 4.78 is 6.18. The molecule has 0 spiro atoms. The maximum Gasteiger partial charge on any atom is 0.150 e. The van der Waals surface area contributed by atoms with E-state index in [1.807, 2.05) is 18.2 Å². The molecule has 2 rings (SSSR count). The van der Waals surface area contributed by atoms with Gasteiger partial charge in [0.15, 0.2) is 5.75 Å². The zero-order chi connectivity index (χ0) is 10.8. The molecule has 0 unspecified atom stereocenters. The third-order valence-corrected chi connectivity index (χ3v) is 2.66. The number of ether oxygens (including phenoxy) is 1. The first-order valence-electron chi connectivity index (χ1n) is 4.48. The number of nitrogens with zero attached hydrogens (tertiary/aromatic N) is 1. The zero-order valence-corrected chi connectivity index (χ0v) is 9.78. The van der Waals surface area contributed by atoms with E-state index in [4.69, 9.17) is 9.84 Å². The van der Waals surface area contributed by atoms with Crippen LogP contribution in [0.15, 0.2) is 28.9 Å². The van der Waals surface area contributed by atoms with Gasteiger partial charge in [-0.25, -0.2) is 0 Å². The molecule has 1 N–H and O–H groups in total. The minimum Gasteiger partial charge on any atom is -0.494 e. The average Bonchev–Trinajstić information content (AvgIpc) is 2.27. The van der Waals surface area contributed by atoms with Crippen LogP contribution in [-0.4, -0.2) is 17.2 Å². The molecule has 0 fully saturated rings. The standard InChI is InChI=1S/C11H10BrNO2/c1-15-11-8(6-14)3-2-7-4-9(12)5-13-10(7)11/h2-5,14H,6H2,1H3. The van der Waals surface area contributed by atoms with Crippen LogP contribution in [-0.2, 0) is 6.61 Å². The van der Waals surface area contributed by atoms with Gasteiger partial charge in [0.25, 0.3) is 0 Å². The van der Waals surface area contributed by atoms with Crippen LogP contribution in [0.4, 0.5) is 0 Å². The monoisotopic (exact) mass is 267 g/mol. The molecule has 0 radical (unpaired) electrons. The Balaban J connectivity index is 2.76. The van der Waals surface area contributed by atoms with Crippen molar-refractivity contribution in [1.29, 1.82) is 0 Å². The minimum absolute atomic E-state index is 0.0448. The summed E-state index contributed by atoms with van der Waals surface area (Å²) in [7, 11) is 1.58. The van der Waals surface area contributed by atoms with Gasteiger partial charge in [-0.15, -0.1) is 0 Å². The normalized spacial score (nSPS) is 10.6. The van der Waals surface area contributed by atoms with Crippen molar-refractivity contribution in [3.05, 3.63) is 34.4 Å². The molecule has 0 atom stereocenters. The van der Waals surface area contributed by atoms with Crippen LogP contribution in [0.1, 0.15) is 5.56 Å². The summed E-state index contributed by atoms with van der Waals surface area (Å²) >= 11 is 3.36. The summed E-state index contributed by atoms with van der Waals surface area (Å²) in [5.74, 6) is 0.641. The molecule has 78 valence electrons. The van der Waals surface area contributed by atoms with Gasteiger partial charge in [0.05, 0.1) is 13.7 Å². The Kier molecular flexibility index (Phi) is 2.88. The van der Waals surface area contributed by atoms with Crippen molar-refractivity contribution in [2.75, 3.05) is 7.11 Å². The molecule has 0 saturated heterocycles. The summed E-state index contributed by atoms with van der Waals surface area (Å²) in [5.41, 5.74) is 1.52. The third kappa shape index (κ3) is 1.82. The molecule has 15 heavy (non-hydrogen) atoms. The lowest BCUT2D eigenvalue weighted by Crippen LogP contribution is -1.94. The summed E-state index contributed by atoms with van der Waals surface area (Å²) in [6.07, 6.45) is 1.71. The highest BCUT2D eigenvalue weighted by atomic mass is 79.9. The highest BCUT2D eigenvalue weighted by Crippen LogP contribution is 2.29. The number of benzene rings is 1. The lowest BCUT2D eigenvalue weighted by molar-refractivity contribution is 0.274. The van der Waals surface area contributed by atoms with Crippen molar-refractivity contribution in [1.82, 2.24) is 4.98 Å². The molecule has 0 saturated carbocycles. The number of pyridine rings is 1. The van der Waals surface area contributed by atoms with E-state index in [-0.39, 0.29) is 6.61 Å². The molecular weight excluding hydrogens is 258 g/mol. The van der Waals surface area contributed by atoms with Gasteiger partial charge in [-0.2, -0.15) is 0 Å². The summed E-state index contributed by atoms with van der Waals surface area (Å²) in [6.45, 7) is -0.0448. The third-order valence-electron chi connectivity index (χ3n) is 2.23. The Hall–Kier alpha value is -1.13. The van der Waals surface area contributed by atoms with Crippen LogP contribution in [0.2, 0.25) is 0 Å². The van der Waals surface area contributed by atoms with Crippen molar-refractivity contribution in [3.8, 4) is 5.75 Å². The van der Waals surface area contributed by atoms with Gasteiger partial charge >= 0.3 is 0 Å². The van der Waals surface area contributed by atoms with Gasteiger partial charge < -0.3 is 9.84 Å². The van der Waals surface area contributed by atoms with Crippen LogP contribution in [0, 0.1) is 0 Å². The molecule has 2 aromatic rings. The van der Waals surface area contributed by atoms with Crippen molar-refractivity contribution in [2.24, 2.45) is 0 Å². The lowest BCUT2D eigenvalue weighted by atomic mass is 10.1. The van der Waals surface area contributed by atoms with E-state index in [0.717, 1.165) is 20.9 Å². The van der Waals surface area contributed by atoms with Crippen LogP contribution >= 0.6 is 15.9 Å². The Morgan fingerprint density at radius 3 is 2.93 bits per heavy atom. The lowest BCUT2D eigenvalue weighted by Gasteiger charge is -2.09. The highest BCUT2D eigenvalue weighted by Gasteiger charge is 2.08. The Bertz CT molecular complexity index is 499. The summed E-state index contributed by atoms with van der Waals surface area (Å²) in [6, 6.07) is 5.72. The van der Waals surface area contributed by atoms with E-state index >= 15 is 0 Å². The molecule has 1 heterocycles. The molecule has 0 amide bonds. The molecule has 3 nitrogen and oxygen atoms in total. The fourth-order valence-electron chi connectivity index (χ4n) is 1.54. The minimum atomic E-state index is -0.0448. The van der Waals surface area contributed by atoms with Crippen LogP contribution in [0.3, 0.4) is 0 Å². The SMILES string of the molecule is COc1c(CO)ccc2cc(Br)cnc12. The second-order valence-electron chi connectivity index (χ2n) is 3.14. The van der Waals surface area contributed by atoms with Crippen molar-refractivity contribution in [3.63, 3.8) is 0 Å². The van der Waals surface area contributed by atoms with Crippen LogP contribution < -0.4 is 4.74 Å². The van der Waals surface area contributed by atoms with E-state index in [0.29, 0.717) is 5.75 Å². The van der Waals surface area contributed by atoms with Gasteiger partial charge in [-0.05, 0) is 22.0 Å². The summed E-state index contributed by atoms with van der Waals surface area (Å²) in [5, 5.41) is 10.1. The van der Waals surface area contributed by atoms with E-state index in [2.05, 4.69) is 20.9 Å². The quantitative estimate of drug-likeness (QED) is 0.909. The van der Waals surface area contributed by atoms with Crippen molar-refractivity contribution < 1.29 is 9.84 Å². The second kappa shape index (κ2) is 4.16. The largest absolute Gasteiger partial charge is 0.494 e. The number of aliphatic hydroxyl groups excluding tert-OH is 1. The van der Waals surface area contributed by atoms with Gasteiger partial charge in [0.1, 0.15) is 5.52 Å². The molecule has 4 heteroatoms. The molecule has 0 bridgehead atoms. The number of hydrogen-bond donors (Lipinski definition) is 1. The Morgan fingerprint density at radius 2 is 2.27 bits per heavy atom. The van der Waals surface area contributed by atoms with E-state index in [1.54, 1.807) is 13.3 Å².